The number of nitrogens with zero attached hydrogens (tertiary/aromatic N) is 4. The van der Waals surface area contributed by atoms with Gasteiger partial charge in [-0.15, -0.1) is 0 Å². The monoisotopic (exact) mass is 410 g/mol. The quantitative estimate of drug-likeness (QED) is 0.610. The van der Waals surface area contributed by atoms with Crippen LogP contribution in [0.5, 0.6) is 0 Å². The van der Waals surface area contributed by atoms with Crippen molar-refractivity contribution in [2.75, 3.05) is 0 Å². The van der Waals surface area contributed by atoms with E-state index in [1.54, 1.807) is 12.4 Å². The van der Waals surface area contributed by atoms with Crippen molar-refractivity contribution in [2.24, 2.45) is 11.8 Å². The van der Waals surface area contributed by atoms with Crippen LogP contribution in [-0.2, 0) is 11.8 Å². The first-order chi connectivity index (χ1) is 14.9. The van der Waals surface area contributed by atoms with E-state index in [9.17, 15) is 10.4 Å². The first-order valence-electron chi connectivity index (χ1n) is 10.9. The van der Waals surface area contributed by atoms with Gasteiger partial charge in [-0.2, -0.15) is 10.4 Å². The van der Waals surface area contributed by atoms with Crippen molar-refractivity contribution in [3.63, 3.8) is 0 Å². The largest absolute Gasteiger partial charge is 0.511 e. The molecule has 1 aromatic carbocycles. The van der Waals surface area contributed by atoms with E-state index in [0.717, 1.165) is 29.8 Å². The Bertz CT molecular complexity index is 1220. The third-order valence-electron chi connectivity index (χ3n) is 7.30. The molecule has 5 nitrogen and oxygen atoms in total. The van der Waals surface area contributed by atoms with Gasteiger partial charge in [0.15, 0.2) is 0 Å². The minimum atomic E-state index is -0.284. The summed E-state index contributed by atoms with van der Waals surface area (Å²) in [5.41, 5.74) is 6.91. The summed E-state index contributed by atoms with van der Waals surface area (Å²) in [6, 6.07) is 14.7. The second kappa shape index (κ2) is 7.09. The zero-order chi connectivity index (χ0) is 21.8. The molecule has 2 aliphatic rings. The average Bonchev–Trinajstić information content (AvgIpc) is 3.18. The Morgan fingerprint density at radius 3 is 2.55 bits per heavy atom. The molecule has 0 bridgehead atoms. The zero-order valence-corrected chi connectivity index (χ0v) is 18.1. The topological polar surface area (TPSA) is 74.7 Å². The maximum Gasteiger partial charge on any atom is 0.109 e. The number of hydrogen-bond acceptors (Lipinski definition) is 4. The van der Waals surface area contributed by atoms with E-state index in [0.29, 0.717) is 12.0 Å². The van der Waals surface area contributed by atoms with Crippen LogP contribution in [0.2, 0.25) is 0 Å². The van der Waals surface area contributed by atoms with Crippen LogP contribution in [0.4, 0.5) is 0 Å². The van der Waals surface area contributed by atoms with Crippen LogP contribution in [0.1, 0.15) is 43.5 Å². The lowest BCUT2D eigenvalue weighted by Gasteiger charge is -2.47. The van der Waals surface area contributed by atoms with Gasteiger partial charge >= 0.3 is 0 Å². The molecule has 2 aromatic heterocycles. The molecule has 2 heterocycles. The molecule has 0 radical (unpaired) electrons. The predicted molar refractivity (Wildman–Crippen MR) is 120 cm³/mol. The molecule has 3 atom stereocenters. The molecule has 156 valence electrons. The van der Waals surface area contributed by atoms with Gasteiger partial charge in [0.1, 0.15) is 5.76 Å². The highest BCUT2D eigenvalue weighted by molar-refractivity contribution is 5.66. The number of rotatable bonds is 2. The van der Waals surface area contributed by atoms with Gasteiger partial charge in [0.25, 0.3) is 0 Å². The SMILES string of the molecule is Cc1ccc(-n2nc(-c3ccncc3)c3c2[C@]2(C)CC(C#N)=C(O)[C@H](C)[C@H]2CC3)cc1. The molecule has 0 unspecified atom stereocenters. The maximum absolute atomic E-state index is 10.7. The molecule has 5 rings (SSSR count). The summed E-state index contributed by atoms with van der Waals surface area (Å²) in [5, 5.41) is 25.5. The van der Waals surface area contributed by atoms with Crippen molar-refractivity contribution >= 4 is 0 Å². The number of aliphatic hydroxyl groups excluding tert-OH is 1. The van der Waals surface area contributed by atoms with Crippen LogP contribution in [0.3, 0.4) is 0 Å². The normalized spacial score (nSPS) is 25.0. The number of aliphatic hydroxyl groups is 1. The fourth-order valence-corrected chi connectivity index (χ4v) is 5.72. The van der Waals surface area contributed by atoms with Gasteiger partial charge in [-0.3, -0.25) is 4.98 Å². The van der Waals surface area contributed by atoms with E-state index in [1.807, 2.05) is 12.1 Å². The zero-order valence-electron chi connectivity index (χ0n) is 18.1. The first-order valence-corrected chi connectivity index (χ1v) is 10.9. The van der Waals surface area contributed by atoms with Gasteiger partial charge in [0.2, 0.25) is 0 Å². The Hall–Kier alpha value is -3.39. The van der Waals surface area contributed by atoms with Crippen molar-refractivity contribution in [2.45, 2.75) is 45.4 Å². The van der Waals surface area contributed by atoms with E-state index in [2.05, 4.69) is 60.8 Å². The number of aromatic nitrogens is 3. The molecule has 2 aliphatic carbocycles. The van der Waals surface area contributed by atoms with Crippen molar-refractivity contribution in [3.05, 3.63) is 76.9 Å². The summed E-state index contributed by atoms with van der Waals surface area (Å²) < 4.78 is 2.08. The molecule has 0 fully saturated rings. The second-order valence-corrected chi connectivity index (χ2v) is 9.16. The fraction of sp³-hybridized carbons (Fsp3) is 0.346. The first kappa shape index (κ1) is 19.6. The molecule has 0 amide bonds. The summed E-state index contributed by atoms with van der Waals surface area (Å²) >= 11 is 0. The Morgan fingerprint density at radius 2 is 1.87 bits per heavy atom. The molecule has 0 aliphatic heterocycles. The highest BCUT2D eigenvalue weighted by Crippen LogP contribution is 2.55. The molecule has 31 heavy (non-hydrogen) atoms. The molecule has 0 saturated carbocycles. The Morgan fingerprint density at radius 1 is 1.16 bits per heavy atom. The number of hydrogen-bond donors (Lipinski definition) is 1. The lowest BCUT2D eigenvalue weighted by atomic mass is 9.56. The summed E-state index contributed by atoms with van der Waals surface area (Å²) in [7, 11) is 0. The molecule has 0 saturated heterocycles. The number of aryl methyl sites for hydroxylation is 1. The number of allylic oxidation sites excluding steroid dienone is 2. The smallest absolute Gasteiger partial charge is 0.109 e. The van der Waals surface area contributed by atoms with E-state index >= 15 is 0 Å². The summed E-state index contributed by atoms with van der Waals surface area (Å²) in [4.78, 5) is 4.17. The van der Waals surface area contributed by atoms with Crippen LogP contribution < -0.4 is 0 Å². The van der Waals surface area contributed by atoms with Gasteiger partial charge < -0.3 is 5.11 Å². The van der Waals surface area contributed by atoms with Gasteiger partial charge in [-0.25, -0.2) is 4.68 Å². The van der Waals surface area contributed by atoms with Crippen molar-refractivity contribution in [3.8, 4) is 23.0 Å². The minimum absolute atomic E-state index is 0.0488. The number of benzene rings is 1. The van der Waals surface area contributed by atoms with Gasteiger partial charge in [0.05, 0.1) is 28.7 Å². The van der Waals surface area contributed by atoms with E-state index in [-0.39, 0.29) is 23.0 Å². The molecule has 5 heteroatoms. The van der Waals surface area contributed by atoms with E-state index < -0.39 is 0 Å². The van der Waals surface area contributed by atoms with Crippen molar-refractivity contribution < 1.29 is 5.11 Å². The second-order valence-electron chi connectivity index (χ2n) is 9.16. The van der Waals surface area contributed by atoms with E-state index in [1.165, 1.54) is 16.8 Å². The Labute approximate surface area is 182 Å². The van der Waals surface area contributed by atoms with Crippen LogP contribution in [0.25, 0.3) is 16.9 Å². The fourth-order valence-electron chi connectivity index (χ4n) is 5.72. The Balaban J connectivity index is 1.78. The standard InChI is InChI=1S/C26H26N4O/c1-16-4-6-20(7-5-16)30-25-21(23(29-30)18-10-12-28-13-11-18)8-9-22-17(2)24(31)19(15-27)14-26(22,25)3/h4-7,10-13,17,22,31H,8-9,14H2,1-3H3/t17-,22-,26-/m1/s1. The van der Waals surface area contributed by atoms with Gasteiger partial charge in [-0.05, 0) is 56.4 Å². The van der Waals surface area contributed by atoms with Gasteiger partial charge in [0, 0.05) is 34.9 Å². The lowest BCUT2D eigenvalue weighted by Crippen LogP contribution is -2.45. The lowest BCUT2D eigenvalue weighted by molar-refractivity contribution is 0.134. The summed E-state index contributed by atoms with van der Waals surface area (Å²) in [6.07, 6.45) is 6.00. The van der Waals surface area contributed by atoms with Gasteiger partial charge in [-0.1, -0.05) is 31.5 Å². The maximum atomic E-state index is 10.7. The molecule has 0 spiro atoms. The number of pyridine rings is 1. The predicted octanol–water partition coefficient (Wildman–Crippen LogP) is 5.44. The third-order valence-corrected chi connectivity index (χ3v) is 7.30. The molecule has 1 N–H and O–H groups in total. The van der Waals surface area contributed by atoms with Crippen LogP contribution >= 0.6 is 0 Å². The van der Waals surface area contributed by atoms with E-state index in [4.69, 9.17) is 5.10 Å². The highest BCUT2D eigenvalue weighted by Gasteiger charge is 2.51. The average molecular weight is 411 g/mol. The third kappa shape index (κ3) is 2.90. The summed E-state index contributed by atoms with van der Waals surface area (Å²) in [6.45, 7) is 6.38. The van der Waals surface area contributed by atoms with Crippen LogP contribution in [0.15, 0.2) is 60.1 Å². The Kier molecular flexibility index (Phi) is 4.48. The number of nitriles is 1. The molecular weight excluding hydrogens is 384 g/mol. The minimum Gasteiger partial charge on any atom is -0.511 e. The number of fused-ring (bicyclic) bond motifs is 3. The highest BCUT2D eigenvalue weighted by atomic mass is 16.3. The summed E-state index contributed by atoms with van der Waals surface area (Å²) in [5.74, 6) is 0.472. The molecule has 3 aromatic rings. The molecular formula is C26H26N4O. The van der Waals surface area contributed by atoms with Crippen LogP contribution in [-0.4, -0.2) is 19.9 Å². The van der Waals surface area contributed by atoms with Crippen LogP contribution in [0, 0.1) is 30.1 Å². The van der Waals surface area contributed by atoms with Crippen molar-refractivity contribution in [1.29, 1.82) is 5.26 Å². The van der Waals surface area contributed by atoms with Crippen molar-refractivity contribution in [1.82, 2.24) is 14.8 Å².